The van der Waals surface area contributed by atoms with E-state index in [0.717, 1.165) is 31.5 Å². The number of benzene rings is 1. The minimum absolute atomic E-state index is 0.147. The van der Waals surface area contributed by atoms with E-state index in [1.165, 1.54) is 14.2 Å². The number of rotatable bonds is 5. The molecule has 1 unspecified atom stereocenters. The largest absolute Gasteiger partial charge is 0.493 e. The van der Waals surface area contributed by atoms with Crippen molar-refractivity contribution in [2.75, 3.05) is 27.3 Å². The van der Waals surface area contributed by atoms with Crippen molar-refractivity contribution >= 4 is 10.0 Å². The highest BCUT2D eigenvalue weighted by atomic mass is 32.2. The summed E-state index contributed by atoms with van der Waals surface area (Å²) in [7, 11) is -1.22. The second-order valence-corrected chi connectivity index (χ2v) is 6.48. The second kappa shape index (κ2) is 6.59. The van der Waals surface area contributed by atoms with Gasteiger partial charge in [-0.3, -0.25) is 0 Å². The predicted octanol–water partition coefficient (Wildman–Crippen LogP) is 0.873. The number of halogens is 1. The maximum Gasteiger partial charge on any atom is 0.243 e. The Hall–Kier alpha value is -1.38. The van der Waals surface area contributed by atoms with Crippen LogP contribution in [-0.4, -0.2) is 41.8 Å². The first-order valence-corrected chi connectivity index (χ1v) is 8.11. The number of sulfonamides is 1. The molecule has 0 saturated carbocycles. The molecule has 0 bridgehead atoms. The standard InChI is InChI=1S/C13H19FN2O4S/c1-19-11-6-10(14)13(7-12(11)20-2)21(17,18)16-9-4-3-5-15-8-9/h6-7,9,15-16H,3-5,8H2,1-2H3. The first kappa shape index (κ1) is 16.0. The van der Waals surface area contributed by atoms with Crippen LogP contribution >= 0.6 is 0 Å². The van der Waals surface area contributed by atoms with Gasteiger partial charge in [-0.05, 0) is 19.4 Å². The third-order valence-corrected chi connectivity index (χ3v) is 4.88. The monoisotopic (exact) mass is 318 g/mol. The third-order valence-electron chi connectivity index (χ3n) is 3.35. The van der Waals surface area contributed by atoms with Gasteiger partial charge in [-0.2, -0.15) is 0 Å². The van der Waals surface area contributed by atoms with Gasteiger partial charge in [0.1, 0.15) is 10.7 Å². The summed E-state index contributed by atoms with van der Waals surface area (Å²) in [4.78, 5) is -0.439. The molecule has 0 amide bonds. The maximum atomic E-state index is 14.0. The van der Waals surface area contributed by atoms with Crippen molar-refractivity contribution in [1.29, 1.82) is 0 Å². The fourth-order valence-electron chi connectivity index (χ4n) is 2.28. The van der Waals surface area contributed by atoms with Gasteiger partial charge in [0.2, 0.25) is 10.0 Å². The van der Waals surface area contributed by atoms with E-state index in [-0.39, 0.29) is 17.5 Å². The Morgan fingerprint density at radius 1 is 1.29 bits per heavy atom. The van der Waals surface area contributed by atoms with Gasteiger partial charge in [0.25, 0.3) is 0 Å². The van der Waals surface area contributed by atoms with Crippen LogP contribution in [-0.2, 0) is 10.0 Å². The average Bonchev–Trinajstić information content (AvgIpc) is 2.47. The fraction of sp³-hybridized carbons (Fsp3) is 0.538. The molecule has 1 fully saturated rings. The Morgan fingerprint density at radius 2 is 1.95 bits per heavy atom. The van der Waals surface area contributed by atoms with Crippen molar-refractivity contribution in [3.05, 3.63) is 17.9 Å². The predicted molar refractivity (Wildman–Crippen MR) is 75.7 cm³/mol. The molecule has 8 heteroatoms. The van der Waals surface area contributed by atoms with E-state index in [1.54, 1.807) is 0 Å². The molecule has 6 nitrogen and oxygen atoms in total. The highest BCUT2D eigenvalue weighted by Crippen LogP contribution is 2.31. The summed E-state index contributed by atoms with van der Waals surface area (Å²) < 4.78 is 51.1. The summed E-state index contributed by atoms with van der Waals surface area (Å²) in [5.74, 6) is -0.557. The molecule has 1 saturated heterocycles. The van der Waals surface area contributed by atoms with Gasteiger partial charge in [-0.15, -0.1) is 0 Å². The number of hydrogen-bond acceptors (Lipinski definition) is 5. The van der Waals surface area contributed by atoms with Crippen LogP contribution in [0.25, 0.3) is 0 Å². The molecule has 1 atom stereocenters. The molecule has 0 radical (unpaired) electrons. The number of nitrogens with one attached hydrogen (secondary N) is 2. The van der Waals surface area contributed by atoms with Crippen LogP contribution in [0.2, 0.25) is 0 Å². The summed E-state index contributed by atoms with van der Waals surface area (Å²) in [5.41, 5.74) is 0. The summed E-state index contributed by atoms with van der Waals surface area (Å²) in [5, 5.41) is 3.10. The molecule has 1 aromatic rings. The average molecular weight is 318 g/mol. The molecule has 1 heterocycles. The summed E-state index contributed by atoms with van der Waals surface area (Å²) in [6.45, 7) is 1.40. The zero-order valence-electron chi connectivity index (χ0n) is 12.0. The first-order valence-electron chi connectivity index (χ1n) is 6.62. The third kappa shape index (κ3) is 3.63. The van der Waals surface area contributed by atoms with Crippen LogP contribution in [0.15, 0.2) is 17.0 Å². The first-order chi connectivity index (χ1) is 9.97. The molecule has 21 heavy (non-hydrogen) atoms. The molecular formula is C13H19FN2O4S. The van der Waals surface area contributed by atoms with Gasteiger partial charge in [-0.1, -0.05) is 0 Å². The molecule has 0 aliphatic carbocycles. The molecule has 1 aliphatic heterocycles. The number of piperidine rings is 1. The van der Waals surface area contributed by atoms with Crippen molar-refractivity contribution < 1.29 is 22.3 Å². The molecule has 1 aliphatic rings. The smallest absolute Gasteiger partial charge is 0.243 e. The van der Waals surface area contributed by atoms with Crippen LogP contribution in [0.4, 0.5) is 4.39 Å². The van der Waals surface area contributed by atoms with E-state index in [1.807, 2.05) is 0 Å². The van der Waals surface area contributed by atoms with Crippen LogP contribution in [0, 0.1) is 5.82 Å². The Morgan fingerprint density at radius 3 is 2.52 bits per heavy atom. The summed E-state index contributed by atoms with van der Waals surface area (Å²) in [6, 6.07) is 1.90. The number of methoxy groups -OCH3 is 2. The lowest BCUT2D eigenvalue weighted by atomic mass is 10.1. The number of hydrogen-bond donors (Lipinski definition) is 2. The molecule has 118 valence electrons. The van der Waals surface area contributed by atoms with Crippen LogP contribution in [0.3, 0.4) is 0 Å². The van der Waals surface area contributed by atoms with Gasteiger partial charge in [0, 0.05) is 24.7 Å². The highest BCUT2D eigenvalue weighted by Gasteiger charge is 2.26. The van der Waals surface area contributed by atoms with Crippen LogP contribution < -0.4 is 19.5 Å². The van der Waals surface area contributed by atoms with E-state index in [2.05, 4.69) is 10.0 Å². The normalized spacial score (nSPS) is 19.3. The van der Waals surface area contributed by atoms with E-state index in [0.29, 0.717) is 6.54 Å². The van der Waals surface area contributed by atoms with E-state index in [4.69, 9.17) is 9.47 Å². The molecule has 0 aromatic heterocycles. The molecule has 1 aromatic carbocycles. The maximum absolute atomic E-state index is 14.0. The molecule has 2 N–H and O–H groups in total. The molecule has 0 spiro atoms. The Labute approximate surface area is 123 Å². The zero-order chi connectivity index (χ0) is 15.5. The van der Waals surface area contributed by atoms with E-state index < -0.39 is 20.7 Å². The lowest BCUT2D eigenvalue weighted by molar-refractivity contribution is 0.350. The van der Waals surface area contributed by atoms with Crippen LogP contribution in [0.1, 0.15) is 12.8 Å². The van der Waals surface area contributed by atoms with E-state index in [9.17, 15) is 12.8 Å². The second-order valence-electron chi connectivity index (χ2n) is 4.80. The van der Waals surface area contributed by atoms with Gasteiger partial charge >= 0.3 is 0 Å². The van der Waals surface area contributed by atoms with E-state index >= 15 is 0 Å². The Balaban J connectivity index is 2.30. The SMILES string of the molecule is COc1cc(F)c(S(=O)(=O)NC2CCCNC2)cc1OC. The van der Waals surface area contributed by atoms with Gasteiger partial charge in [0.15, 0.2) is 11.5 Å². The lowest BCUT2D eigenvalue weighted by Gasteiger charge is -2.23. The zero-order valence-corrected chi connectivity index (χ0v) is 12.8. The fourth-order valence-corrected chi connectivity index (χ4v) is 3.62. The molecular weight excluding hydrogens is 299 g/mol. The highest BCUT2D eigenvalue weighted by molar-refractivity contribution is 7.89. The van der Waals surface area contributed by atoms with Crippen molar-refractivity contribution in [2.24, 2.45) is 0 Å². The quantitative estimate of drug-likeness (QED) is 0.842. The van der Waals surface area contributed by atoms with Crippen molar-refractivity contribution in [1.82, 2.24) is 10.0 Å². The minimum atomic E-state index is -3.95. The summed E-state index contributed by atoms with van der Waals surface area (Å²) in [6.07, 6.45) is 1.60. The Kier molecular flexibility index (Phi) is 5.02. The van der Waals surface area contributed by atoms with Crippen molar-refractivity contribution in [3.8, 4) is 11.5 Å². The number of ether oxygens (including phenoxy) is 2. The van der Waals surface area contributed by atoms with Gasteiger partial charge in [0.05, 0.1) is 14.2 Å². The summed E-state index contributed by atoms with van der Waals surface area (Å²) >= 11 is 0. The lowest BCUT2D eigenvalue weighted by Crippen LogP contribution is -2.45. The van der Waals surface area contributed by atoms with Crippen LogP contribution in [0.5, 0.6) is 11.5 Å². The van der Waals surface area contributed by atoms with Gasteiger partial charge in [-0.25, -0.2) is 17.5 Å². The topological polar surface area (TPSA) is 76.7 Å². The van der Waals surface area contributed by atoms with Gasteiger partial charge < -0.3 is 14.8 Å². The molecule has 2 rings (SSSR count). The Bertz CT molecular complexity index is 600. The minimum Gasteiger partial charge on any atom is -0.493 e. The van der Waals surface area contributed by atoms with Crippen molar-refractivity contribution in [2.45, 2.75) is 23.8 Å². The van der Waals surface area contributed by atoms with Crippen molar-refractivity contribution in [3.63, 3.8) is 0 Å².